The number of amides is 1. The Hall–Kier alpha value is -2.73. The van der Waals surface area contributed by atoms with Crippen molar-refractivity contribution in [2.24, 2.45) is 0 Å². The summed E-state index contributed by atoms with van der Waals surface area (Å²) in [7, 11) is 1.61. The summed E-state index contributed by atoms with van der Waals surface area (Å²) >= 11 is 6.10. The predicted octanol–water partition coefficient (Wildman–Crippen LogP) is 4.07. The SMILES string of the molecule is CCC(=O)Nc1ccc(N2CCn3c(nc4cc(Cl)ccc43)C2)cc1OC. The van der Waals surface area contributed by atoms with Gasteiger partial charge in [0.25, 0.3) is 0 Å². The molecule has 1 N–H and O–H groups in total. The number of nitrogens with one attached hydrogen (secondary N) is 1. The number of aromatic nitrogens is 2. The molecule has 140 valence electrons. The van der Waals surface area contributed by atoms with Gasteiger partial charge in [0, 0.05) is 36.3 Å². The lowest BCUT2D eigenvalue weighted by Gasteiger charge is -2.30. The fourth-order valence-electron chi connectivity index (χ4n) is 3.43. The molecular formula is C20H21ClN4O2. The average Bonchev–Trinajstić information content (AvgIpc) is 3.04. The number of carbonyl (C=O) groups excluding carboxylic acids is 1. The molecule has 1 aromatic heterocycles. The van der Waals surface area contributed by atoms with Crippen LogP contribution in [-0.4, -0.2) is 29.1 Å². The van der Waals surface area contributed by atoms with Crippen molar-refractivity contribution in [3.63, 3.8) is 0 Å². The number of anilines is 2. The molecule has 0 aliphatic carbocycles. The zero-order chi connectivity index (χ0) is 19.0. The zero-order valence-electron chi connectivity index (χ0n) is 15.3. The summed E-state index contributed by atoms with van der Waals surface area (Å²) in [4.78, 5) is 18.7. The van der Waals surface area contributed by atoms with Crippen molar-refractivity contribution in [1.82, 2.24) is 9.55 Å². The van der Waals surface area contributed by atoms with E-state index in [9.17, 15) is 4.79 Å². The molecular weight excluding hydrogens is 364 g/mol. The molecule has 27 heavy (non-hydrogen) atoms. The average molecular weight is 385 g/mol. The molecule has 2 heterocycles. The van der Waals surface area contributed by atoms with Crippen LogP contribution in [-0.2, 0) is 17.9 Å². The van der Waals surface area contributed by atoms with Crippen LogP contribution in [0.5, 0.6) is 5.75 Å². The Morgan fingerprint density at radius 2 is 2.11 bits per heavy atom. The van der Waals surface area contributed by atoms with Crippen LogP contribution in [0.25, 0.3) is 11.0 Å². The number of ether oxygens (including phenoxy) is 1. The van der Waals surface area contributed by atoms with Crippen molar-refractivity contribution in [2.75, 3.05) is 23.9 Å². The fourth-order valence-corrected chi connectivity index (χ4v) is 3.60. The fraction of sp³-hybridized carbons (Fsp3) is 0.300. The molecule has 0 bridgehead atoms. The van der Waals surface area contributed by atoms with Gasteiger partial charge in [0.05, 0.1) is 30.4 Å². The van der Waals surface area contributed by atoms with E-state index in [2.05, 4.69) is 14.8 Å². The number of rotatable bonds is 4. The highest BCUT2D eigenvalue weighted by atomic mass is 35.5. The minimum atomic E-state index is -0.0357. The first-order valence-electron chi connectivity index (χ1n) is 8.96. The van der Waals surface area contributed by atoms with Crippen molar-refractivity contribution in [2.45, 2.75) is 26.4 Å². The molecule has 1 aliphatic rings. The summed E-state index contributed by atoms with van der Waals surface area (Å²) in [5, 5.41) is 3.57. The number of carbonyl (C=O) groups is 1. The maximum atomic E-state index is 11.7. The molecule has 2 aromatic carbocycles. The summed E-state index contributed by atoms with van der Waals surface area (Å²) in [5.74, 6) is 1.63. The quantitative estimate of drug-likeness (QED) is 0.736. The lowest BCUT2D eigenvalue weighted by Crippen LogP contribution is -2.33. The predicted molar refractivity (Wildman–Crippen MR) is 108 cm³/mol. The van der Waals surface area contributed by atoms with Gasteiger partial charge in [-0.2, -0.15) is 0 Å². The molecule has 4 rings (SSSR count). The summed E-state index contributed by atoms with van der Waals surface area (Å²) in [6.45, 7) is 4.24. The van der Waals surface area contributed by atoms with Gasteiger partial charge in [-0.15, -0.1) is 0 Å². The molecule has 3 aromatic rings. The van der Waals surface area contributed by atoms with E-state index in [0.29, 0.717) is 29.4 Å². The van der Waals surface area contributed by atoms with Gasteiger partial charge in [-0.05, 0) is 30.3 Å². The van der Waals surface area contributed by atoms with Crippen molar-refractivity contribution in [3.8, 4) is 5.75 Å². The van der Waals surface area contributed by atoms with Gasteiger partial charge in [-0.3, -0.25) is 4.79 Å². The summed E-state index contributed by atoms with van der Waals surface area (Å²) < 4.78 is 7.72. The van der Waals surface area contributed by atoms with Crippen LogP contribution < -0.4 is 15.0 Å². The van der Waals surface area contributed by atoms with Crippen molar-refractivity contribution in [1.29, 1.82) is 0 Å². The Kier molecular flexibility index (Phi) is 4.66. The molecule has 1 amide bonds. The first kappa shape index (κ1) is 17.7. The van der Waals surface area contributed by atoms with Gasteiger partial charge in [-0.1, -0.05) is 18.5 Å². The molecule has 0 saturated carbocycles. The van der Waals surface area contributed by atoms with E-state index >= 15 is 0 Å². The summed E-state index contributed by atoms with van der Waals surface area (Å²) in [6, 6.07) is 11.7. The molecule has 0 saturated heterocycles. The van der Waals surface area contributed by atoms with Crippen LogP contribution in [0.2, 0.25) is 5.02 Å². The second-order valence-electron chi connectivity index (χ2n) is 6.52. The van der Waals surface area contributed by atoms with Crippen LogP contribution in [0.1, 0.15) is 19.2 Å². The van der Waals surface area contributed by atoms with Crippen molar-refractivity contribution >= 4 is 39.9 Å². The molecule has 0 atom stereocenters. The van der Waals surface area contributed by atoms with E-state index in [1.807, 2.05) is 43.3 Å². The number of methoxy groups -OCH3 is 1. The van der Waals surface area contributed by atoms with Crippen molar-refractivity contribution in [3.05, 3.63) is 47.2 Å². The number of nitrogens with zero attached hydrogens (tertiary/aromatic N) is 3. The molecule has 0 radical (unpaired) electrons. The maximum absolute atomic E-state index is 11.7. The number of hydrogen-bond donors (Lipinski definition) is 1. The van der Waals surface area contributed by atoms with Gasteiger partial charge in [0.2, 0.25) is 5.91 Å². The van der Waals surface area contributed by atoms with E-state index in [1.165, 1.54) is 0 Å². The molecule has 7 heteroatoms. The van der Waals surface area contributed by atoms with Gasteiger partial charge in [0.15, 0.2) is 0 Å². The third-order valence-corrected chi connectivity index (χ3v) is 5.10. The van der Waals surface area contributed by atoms with E-state index in [4.69, 9.17) is 21.3 Å². The lowest BCUT2D eigenvalue weighted by atomic mass is 10.2. The molecule has 1 aliphatic heterocycles. The second-order valence-corrected chi connectivity index (χ2v) is 6.96. The smallest absolute Gasteiger partial charge is 0.224 e. The van der Waals surface area contributed by atoms with Gasteiger partial charge in [-0.25, -0.2) is 4.98 Å². The van der Waals surface area contributed by atoms with Gasteiger partial charge < -0.3 is 19.5 Å². The monoisotopic (exact) mass is 384 g/mol. The Balaban J connectivity index is 1.61. The maximum Gasteiger partial charge on any atom is 0.224 e. The normalized spacial score (nSPS) is 13.5. The van der Waals surface area contributed by atoms with E-state index < -0.39 is 0 Å². The summed E-state index contributed by atoms with van der Waals surface area (Å²) in [6.07, 6.45) is 0.428. The number of imidazole rings is 1. The Morgan fingerprint density at radius 3 is 2.89 bits per heavy atom. The lowest BCUT2D eigenvalue weighted by molar-refractivity contribution is -0.115. The largest absolute Gasteiger partial charge is 0.494 e. The minimum Gasteiger partial charge on any atom is -0.494 e. The first-order chi connectivity index (χ1) is 13.1. The molecule has 0 fully saturated rings. The summed E-state index contributed by atoms with van der Waals surface area (Å²) in [5.41, 5.74) is 3.77. The number of halogens is 1. The van der Waals surface area contributed by atoms with Gasteiger partial charge >= 0.3 is 0 Å². The van der Waals surface area contributed by atoms with E-state index in [1.54, 1.807) is 7.11 Å². The Morgan fingerprint density at radius 1 is 1.26 bits per heavy atom. The van der Waals surface area contributed by atoms with E-state index in [-0.39, 0.29) is 5.91 Å². The van der Waals surface area contributed by atoms with Gasteiger partial charge in [0.1, 0.15) is 11.6 Å². The number of hydrogen-bond acceptors (Lipinski definition) is 4. The van der Waals surface area contributed by atoms with Crippen LogP contribution in [0.15, 0.2) is 36.4 Å². The standard InChI is InChI=1S/C20H21ClN4O2/c1-3-20(26)23-15-6-5-14(11-18(15)27-2)24-8-9-25-17-7-4-13(21)10-16(17)22-19(25)12-24/h4-7,10-11H,3,8-9,12H2,1-2H3,(H,23,26). The Labute approximate surface area is 162 Å². The van der Waals surface area contributed by atoms with Crippen LogP contribution in [0, 0.1) is 0 Å². The van der Waals surface area contributed by atoms with E-state index in [0.717, 1.165) is 35.6 Å². The Bertz CT molecular complexity index is 1010. The third kappa shape index (κ3) is 3.32. The first-order valence-corrected chi connectivity index (χ1v) is 9.34. The highest BCUT2D eigenvalue weighted by Crippen LogP contribution is 2.32. The van der Waals surface area contributed by atoms with Crippen LogP contribution in [0.3, 0.4) is 0 Å². The highest BCUT2D eigenvalue weighted by molar-refractivity contribution is 6.31. The molecule has 6 nitrogen and oxygen atoms in total. The minimum absolute atomic E-state index is 0.0357. The topological polar surface area (TPSA) is 59.4 Å². The highest BCUT2D eigenvalue weighted by Gasteiger charge is 2.21. The molecule has 0 spiro atoms. The molecule has 0 unspecified atom stereocenters. The second kappa shape index (κ2) is 7.12. The zero-order valence-corrected chi connectivity index (χ0v) is 16.1. The number of fused-ring (bicyclic) bond motifs is 3. The van der Waals surface area contributed by atoms with Crippen molar-refractivity contribution < 1.29 is 9.53 Å². The third-order valence-electron chi connectivity index (χ3n) is 4.86. The van der Waals surface area contributed by atoms with Crippen LogP contribution >= 0.6 is 11.6 Å². The number of benzene rings is 2. The van der Waals surface area contributed by atoms with Crippen LogP contribution in [0.4, 0.5) is 11.4 Å².